The van der Waals surface area contributed by atoms with Crippen molar-refractivity contribution in [2.45, 2.75) is 91.9 Å². The molecule has 0 saturated heterocycles. The normalized spacial score (nSPS) is 10.4. The van der Waals surface area contributed by atoms with Gasteiger partial charge < -0.3 is 4.98 Å². The van der Waals surface area contributed by atoms with E-state index < -0.39 is 0 Å². The van der Waals surface area contributed by atoms with Crippen LogP contribution in [0.15, 0.2) is 16.9 Å². The van der Waals surface area contributed by atoms with Crippen LogP contribution in [-0.2, 0) is 0 Å². The van der Waals surface area contributed by atoms with Gasteiger partial charge in [0.15, 0.2) is 0 Å². The second-order valence-corrected chi connectivity index (χ2v) is 5.91. The predicted octanol–water partition coefficient (Wildman–Crippen LogP) is 5.95. The Balaban J connectivity index is 0.000000567. The van der Waals surface area contributed by atoms with Crippen molar-refractivity contribution in [3.63, 3.8) is 0 Å². The van der Waals surface area contributed by atoms with Crippen molar-refractivity contribution in [1.82, 2.24) is 4.98 Å². The number of rotatable bonds is 8. The summed E-state index contributed by atoms with van der Waals surface area (Å²) in [7, 11) is 0. The summed E-state index contributed by atoms with van der Waals surface area (Å²) in [6, 6.07) is 3.99. The maximum absolute atomic E-state index is 11.5. The molecule has 122 valence electrons. The Morgan fingerprint density at radius 3 is 1.81 bits per heavy atom. The molecule has 2 heteroatoms. The van der Waals surface area contributed by atoms with Gasteiger partial charge in [0.2, 0.25) is 0 Å². The van der Waals surface area contributed by atoms with Crippen LogP contribution in [0, 0.1) is 6.92 Å². The van der Waals surface area contributed by atoms with Crippen LogP contribution in [0.25, 0.3) is 0 Å². The summed E-state index contributed by atoms with van der Waals surface area (Å²) in [5, 5.41) is 0. The van der Waals surface area contributed by atoms with Gasteiger partial charge in [0.05, 0.1) is 0 Å². The van der Waals surface area contributed by atoms with Gasteiger partial charge in [-0.05, 0) is 31.7 Å². The van der Waals surface area contributed by atoms with Crippen LogP contribution >= 0.6 is 0 Å². The monoisotopic (exact) mass is 293 g/mol. The van der Waals surface area contributed by atoms with E-state index in [1.165, 1.54) is 38.5 Å². The summed E-state index contributed by atoms with van der Waals surface area (Å²) in [5.74, 6) is 0.522. The number of aryl methyl sites for hydroxylation is 1. The topological polar surface area (TPSA) is 32.9 Å². The van der Waals surface area contributed by atoms with Gasteiger partial charge >= 0.3 is 0 Å². The van der Waals surface area contributed by atoms with Crippen LogP contribution in [0.3, 0.4) is 0 Å². The second-order valence-electron chi connectivity index (χ2n) is 5.91. The number of aromatic amines is 1. The molecule has 1 aromatic heterocycles. The van der Waals surface area contributed by atoms with Crippen molar-refractivity contribution in [3.8, 4) is 0 Å². The van der Waals surface area contributed by atoms with Crippen molar-refractivity contribution in [1.29, 1.82) is 0 Å². The zero-order valence-electron chi connectivity index (χ0n) is 14.8. The molecule has 0 unspecified atom stereocenters. The Morgan fingerprint density at radius 1 is 0.905 bits per heavy atom. The third kappa shape index (κ3) is 8.75. The summed E-state index contributed by atoms with van der Waals surface area (Å²) in [6.45, 7) is 10.7. The molecular weight excluding hydrogens is 258 g/mol. The van der Waals surface area contributed by atoms with E-state index in [-0.39, 0.29) is 5.56 Å². The lowest BCUT2D eigenvalue weighted by Gasteiger charge is -2.15. The number of hydrogen-bond acceptors (Lipinski definition) is 1. The van der Waals surface area contributed by atoms with E-state index in [2.05, 4.69) is 38.7 Å². The van der Waals surface area contributed by atoms with E-state index in [1.807, 2.05) is 13.0 Å². The average molecular weight is 293 g/mol. The van der Waals surface area contributed by atoms with E-state index in [1.54, 1.807) is 0 Å². The molecule has 0 atom stereocenters. The van der Waals surface area contributed by atoms with Crippen LogP contribution < -0.4 is 5.56 Å². The number of aromatic nitrogens is 1. The van der Waals surface area contributed by atoms with Crippen molar-refractivity contribution in [2.24, 2.45) is 0 Å². The number of unbranched alkanes of at least 4 members (excludes halogenated alkanes) is 3. The van der Waals surface area contributed by atoms with Gasteiger partial charge in [-0.1, -0.05) is 72.3 Å². The highest BCUT2D eigenvalue weighted by Crippen LogP contribution is 2.23. The number of pyridine rings is 1. The Morgan fingerprint density at radius 2 is 1.43 bits per heavy atom. The van der Waals surface area contributed by atoms with E-state index in [9.17, 15) is 4.79 Å². The number of hydrogen-bond donors (Lipinski definition) is 1. The first-order chi connectivity index (χ1) is 10.1. The Kier molecular flexibility index (Phi) is 12.0. The molecule has 2 nitrogen and oxygen atoms in total. The highest BCUT2D eigenvalue weighted by Gasteiger charge is 2.10. The molecule has 0 aliphatic rings. The van der Waals surface area contributed by atoms with Crippen LogP contribution in [-0.4, -0.2) is 4.98 Å². The van der Waals surface area contributed by atoms with Crippen molar-refractivity contribution in [3.05, 3.63) is 33.7 Å². The van der Waals surface area contributed by atoms with Gasteiger partial charge in [0.1, 0.15) is 0 Å². The fraction of sp³-hybridized carbons (Fsp3) is 0.737. The Hall–Kier alpha value is -1.05. The summed E-state index contributed by atoms with van der Waals surface area (Å²) < 4.78 is 0. The minimum absolute atomic E-state index is 0.0599. The van der Waals surface area contributed by atoms with Crippen LogP contribution in [0.2, 0.25) is 0 Å². The molecule has 0 aromatic carbocycles. The maximum Gasteiger partial charge on any atom is 0.251 e. The fourth-order valence-corrected chi connectivity index (χ4v) is 2.45. The molecule has 1 N–H and O–H groups in total. The molecule has 1 rings (SSSR count). The van der Waals surface area contributed by atoms with E-state index in [0.717, 1.165) is 24.1 Å². The third-order valence-electron chi connectivity index (χ3n) is 3.80. The first-order valence-corrected chi connectivity index (χ1v) is 8.80. The van der Waals surface area contributed by atoms with Crippen molar-refractivity contribution < 1.29 is 0 Å². The zero-order chi connectivity index (χ0) is 16.1. The molecule has 0 bridgehead atoms. The molecule has 0 fully saturated rings. The third-order valence-corrected chi connectivity index (χ3v) is 3.80. The second kappa shape index (κ2) is 12.7. The lowest BCUT2D eigenvalue weighted by molar-refractivity contribution is 0.547. The summed E-state index contributed by atoms with van der Waals surface area (Å²) in [4.78, 5) is 14.5. The highest BCUT2D eigenvalue weighted by molar-refractivity contribution is 5.15. The van der Waals surface area contributed by atoms with Crippen LogP contribution in [0.5, 0.6) is 0 Å². The van der Waals surface area contributed by atoms with E-state index in [0.29, 0.717) is 5.92 Å². The highest BCUT2D eigenvalue weighted by atomic mass is 16.1. The molecule has 0 aliphatic heterocycles. The minimum atomic E-state index is 0.0599. The Labute approximate surface area is 131 Å². The average Bonchev–Trinajstić information content (AvgIpc) is 2.48. The van der Waals surface area contributed by atoms with Crippen LogP contribution in [0.1, 0.15) is 96.2 Å². The van der Waals surface area contributed by atoms with E-state index >= 15 is 0 Å². The Bertz CT molecular complexity index is 398. The minimum Gasteiger partial charge on any atom is -0.326 e. The van der Waals surface area contributed by atoms with Gasteiger partial charge in [-0.15, -0.1) is 0 Å². The van der Waals surface area contributed by atoms with Gasteiger partial charge in [-0.25, -0.2) is 0 Å². The predicted molar refractivity (Wildman–Crippen MR) is 94.2 cm³/mol. The van der Waals surface area contributed by atoms with Crippen molar-refractivity contribution >= 4 is 0 Å². The molecule has 0 spiro atoms. The first-order valence-electron chi connectivity index (χ1n) is 8.80. The van der Waals surface area contributed by atoms with Gasteiger partial charge in [0.25, 0.3) is 5.56 Å². The molecule has 1 aromatic rings. The first kappa shape index (κ1) is 19.9. The summed E-state index contributed by atoms with van der Waals surface area (Å²) in [5.41, 5.74) is 1.96. The van der Waals surface area contributed by atoms with Crippen molar-refractivity contribution in [2.75, 3.05) is 0 Å². The van der Waals surface area contributed by atoms with E-state index in [4.69, 9.17) is 0 Å². The van der Waals surface area contributed by atoms with Gasteiger partial charge in [0, 0.05) is 11.3 Å². The lowest BCUT2D eigenvalue weighted by atomic mass is 9.94. The number of H-pyrrole nitrogens is 1. The maximum atomic E-state index is 11.5. The number of nitrogens with one attached hydrogen (secondary N) is 1. The zero-order valence-corrected chi connectivity index (χ0v) is 14.8. The molecule has 1 heterocycles. The molecule has 21 heavy (non-hydrogen) atoms. The summed E-state index contributed by atoms with van der Waals surface area (Å²) in [6.07, 6.45) is 10.2. The largest absolute Gasteiger partial charge is 0.326 e. The van der Waals surface area contributed by atoms with Gasteiger partial charge in [-0.3, -0.25) is 4.79 Å². The summed E-state index contributed by atoms with van der Waals surface area (Å²) >= 11 is 0. The fourth-order valence-electron chi connectivity index (χ4n) is 2.45. The van der Waals surface area contributed by atoms with Gasteiger partial charge in [-0.2, -0.15) is 0 Å². The molecular formula is C19H35NO. The SMILES string of the molecule is CCCC(CCC)c1ccc(C)c(=O)[nH]1.CCCCCC. The molecule has 0 radical (unpaired) electrons. The van der Waals surface area contributed by atoms with Crippen LogP contribution in [0.4, 0.5) is 0 Å². The molecule has 0 saturated carbocycles. The smallest absolute Gasteiger partial charge is 0.251 e. The molecule has 0 aliphatic carbocycles. The standard InChI is InChI=1S/C13H21NO.C6H14/c1-4-6-11(7-5-2)12-9-8-10(3)13(15)14-12;1-3-5-6-4-2/h8-9,11H,4-7H2,1-3H3,(H,14,15);3-6H2,1-2H3. The lowest BCUT2D eigenvalue weighted by Crippen LogP contribution is -2.13. The quantitative estimate of drug-likeness (QED) is 0.590. The molecule has 0 amide bonds.